The van der Waals surface area contributed by atoms with Gasteiger partial charge in [0.25, 0.3) is 0 Å². The van der Waals surface area contributed by atoms with Crippen molar-refractivity contribution in [3.05, 3.63) is 48.0 Å². The topological polar surface area (TPSA) is 349 Å². The number of guanidine groups is 2. The van der Waals surface area contributed by atoms with Crippen LogP contribution < -0.4 is 49.5 Å². The van der Waals surface area contributed by atoms with E-state index in [0.717, 1.165) is 16.3 Å². The van der Waals surface area contributed by atoms with Gasteiger partial charge in [-0.15, -0.1) is 0 Å². The molecule has 3 atom stereocenters. The van der Waals surface area contributed by atoms with E-state index in [-0.39, 0.29) is 44.3 Å². The molecule has 0 saturated carbocycles. The van der Waals surface area contributed by atoms with Crippen molar-refractivity contribution < 1.29 is 70.1 Å². The molecule has 59 heavy (non-hydrogen) atoms. The molecule has 26 heteroatoms. The summed E-state index contributed by atoms with van der Waals surface area (Å²) in [5.41, 5.74) is 22.3. The summed E-state index contributed by atoms with van der Waals surface area (Å²) in [6.45, 7) is -0.482. The van der Waals surface area contributed by atoms with Crippen molar-refractivity contribution in [2.75, 3.05) is 26.2 Å². The number of carboxylic acid groups (broad SMARTS) is 2. The monoisotopic (exact) mass is 851 g/mol. The van der Waals surface area contributed by atoms with Crippen molar-refractivity contribution in [2.45, 2.75) is 62.6 Å². The second kappa shape index (κ2) is 24.0. The van der Waals surface area contributed by atoms with Gasteiger partial charge in [-0.25, -0.2) is 9.59 Å². The number of aliphatic carboxylic acids is 2. The molecule has 0 bridgehead atoms. The second-order valence-electron chi connectivity index (χ2n) is 12.1. The molecule has 1 aliphatic heterocycles. The quantitative estimate of drug-likeness (QED) is 0.0559. The van der Waals surface area contributed by atoms with Crippen molar-refractivity contribution in [1.29, 1.82) is 0 Å². The molecule has 1 saturated heterocycles. The molecule has 2 aromatic rings. The number of carboxylic acids is 2. The summed E-state index contributed by atoms with van der Waals surface area (Å²) >= 11 is 0. The molecule has 1 fully saturated rings. The lowest BCUT2D eigenvalue weighted by Crippen LogP contribution is -2.57. The number of amides is 5. The summed E-state index contributed by atoms with van der Waals surface area (Å²) in [6.07, 6.45) is -9.16. The minimum absolute atomic E-state index is 0.103. The van der Waals surface area contributed by atoms with Crippen LogP contribution in [0.2, 0.25) is 0 Å². The Balaban J connectivity index is 0.00000106. The standard InChI is InChI=1S/C29H41N11O5.2C2HF3O2/c30-28(31)34-11-3-7-20-26(44)39-21(8-4-12-35-29(32)33)27(45)40-22(25(43)37-15-23(41)36-16-24(42)38-20)14-17-9-10-18-5-1-2-6-19(18)13-17;2*3-2(4,5)1(6)7/h1-2,5-6,9-10,13,20-22H,3-4,7-8,11-12,14-16H2,(H,36,41)(H,37,43)(H,38,42)(H,39,44)(H,40,45)(H4,30,31,34)(H4,32,33,35);2*(H,6,7)/t20-,21-,22-;;/m0../s1. The number of nitrogens with zero attached hydrogens (tertiary/aromatic N) is 2. The molecule has 15 N–H and O–H groups in total. The number of halogens is 6. The molecule has 326 valence electrons. The first-order valence-corrected chi connectivity index (χ1v) is 17.0. The number of aliphatic imine (C=N–C) groups is 2. The van der Waals surface area contributed by atoms with E-state index in [0.29, 0.717) is 12.8 Å². The zero-order valence-corrected chi connectivity index (χ0v) is 30.9. The van der Waals surface area contributed by atoms with E-state index in [1.807, 2.05) is 42.5 Å². The summed E-state index contributed by atoms with van der Waals surface area (Å²) in [6, 6.07) is 10.1. The third-order valence-electron chi connectivity index (χ3n) is 7.42. The first-order chi connectivity index (χ1) is 27.4. The highest BCUT2D eigenvalue weighted by Crippen LogP contribution is 2.17. The van der Waals surface area contributed by atoms with Crippen molar-refractivity contribution in [1.82, 2.24) is 26.6 Å². The van der Waals surface area contributed by atoms with Crippen LogP contribution in [0.15, 0.2) is 52.4 Å². The number of fused-ring (bicyclic) bond motifs is 1. The van der Waals surface area contributed by atoms with Crippen LogP contribution in [0.5, 0.6) is 0 Å². The normalized spacial score (nSPS) is 17.9. The van der Waals surface area contributed by atoms with E-state index in [2.05, 4.69) is 36.6 Å². The maximum atomic E-state index is 13.7. The average Bonchev–Trinajstić information content (AvgIpc) is 3.14. The molecule has 0 aliphatic carbocycles. The fourth-order valence-electron chi connectivity index (χ4n) is 4.68. The van der Waals surface area contributed by atoms with Crippen LogP contribution in [0, 0.1) is 0 Å². The van der Waals surface area contributed by atoms with Crippen molar-refractivity contribution >= 4 is 64.2 Å². The van der Waals surface area contributed by atoms with E-state index >= 15 is 0 Å². The number of nitrogens with two attached hydrogens (primary N) is 4. The van der Waals surface area contributed by atoms with E-state index in [9.17, 15) is 50.3 Å². The van der Waals surface area contributed by atoms with E-state index in [1.165, 1.54) is 0 Å². The number of hydrogen-bond donors (Lipinski definition) is 11. The van der Waals surface area contributed by atoms with Gasteiger partial charge in [0.05, 0.1) is 13.1 Å². The Morgan fingerprint density at radius 3 is 1.54 bits per heavy atom. The van der Waals surface area contributed by atoms with Gasteiger partial charge in [0.1, 0.15) is 18.1 Å². The Morgan fingerprint density at radius 1 is 0.627 bits per heavy atom. The molecular formula is C33H43F6N11O9. The predicted octanol–water partition coefficient (Wildman–Crippen LogP) is -1.54. The van der Waals surface area contributed by atoms with Crippen molar-refractivity contribution in [2.24, 2.45) is 32.9 Å². The minimum atomic E-state index is -5.08. The number of carbonyl (C=O) groups is 7. The lowest BCUT2D eigenvalue weighted by atomic mass is 10.0. The Morgan fingerprint density at radius 2 is 1.07 bits per heavy atom. The number of benzene rings is 2. The Hall–Kier alpha value is -6.89. The first-order valence-electron chi connectivity index (χ1n) is 17.0. The predicted molar refractivity (Wildman–Crippen MR) is 197 cm³/mol. The van der Waals surface area contributed by atoms with E-state index in [4.69, 9.17) is 42.7 Å². The fraction of sp³-hybridized carbons (Fsp3) is 0.424. The number of carbonyl (C=O) groups excluding carboxylic acids is 5. The van der Waals surface area contributed by atoms with Crippen molar-refractivity contribution in [3.63, 3.8) is 0 Å². The molecule has 1 heterocycles. The molecule has 0 spiro atoms. The highest BCUT2D eigenvalue weighted by molar-refractivity contribution is 5.96. The third-order valence-corrected chi connectivity index (χ3v) is 7.42. The van der Waals surface area contributed by atoms with Gasteiger partial charge in [-0.05, 0) is 42.0 Å². The van der Waals surface area contributed by atoms with Crippen LogP contribution in [0.4, 0.5) is 26.3 Å². The van der Waals surface area contributed by atoms with Gasteiger partial charge in [-0.3, -0.25) is 34.0 Å². The van der Waals surface area contributed by atoms with Crippen LogP contribution in [0.25, 0.3) is 10.8 Å². The van der Waals surface area contributed by atoms with Gasteiger partial charge in [0.2, 0.25) is 29.5 Å². The van der Waals surface area contributed by atoms with Crippen LogP contribution in [-0.4, -0.2) is 120 Å². The van der Waals surface area contributed by atoms with Gasteiger partial charge in [0.15, 0.2) is 11.9 Å². The Labute approximate surface area is 330 Å². The summed E-state index contributed by atoms with van der Waals surface area (Å²) in [5, 5.41) is 29.2. The number of hydrogen-bond acceptors (Lipinski definition) is 9. The third kappa shape index (κ3) is 20.7. The summed E-state index contributed by atoms with van der Waals surface area (Å²) in [5.74, 6) is -8.93. The maximum absolute atomic E-state index is 13.7. The summed E-state index contributed by atoms with van der Waals surface area (Å²) in [7, 11) is 0. The lowest BCUT2D eigenvalue weighted by molar-refractivity contribution is -0.193. The second-order valence-corrected chi connectivity index (χ2v) is 12.1. The zero-order valence-electron chi connectivity index (χ0n) is 30.9. The molecule has 20 nitrogen and oxygen atoms in total. The molecule has 0 radical (unpaired) electrons. The van der Waals surface area contributed by atoms with Crippen LogP contribution in [0.1, 0.15) is 31.2 Å². The van der Waals surface area contributed by atoms with Crippen LogP contribution >= 0.6 is 0 Å². The zero-order chi connectivity index (χ0) is 44.9. The van der Waals surface area contributed by atoms with E-state index in [1.54, 1.807) is 0 Å². The van der Waals surface area contributed by atoms with Crippen molar-refractivity contribution in [3.8, 4) is 0 Å². The molecule has 0 aromatic heterocycles. The lowest BCUT2D eigenvalue weighted by Gasteiger charge is -2.25. The van der Waals surface area contributed by atoms with Crippen LogP contribution in [0.3, 0.4) is 0 Å². The summed E-state index contributed by atoms with van der Waals surface area (Å²) < 4.78 is 63.5. The Bertz CT molecular complexity index is 1830. The van der Waals surface area contributed by atoms with Crippen LogP contribution in [-0.2, 0) is 40.0 Å². The number of alkyl halides is 6. The minimum Gasteiger partial charge on any atom is -0.475 e. The number of nitrogens with one attached hydrogen (secondary N) is 5. The SMILES string of the molecule is NC(N)=NCCC[C@@H]1NC(=O)CNC(=O)CNC(=O)[C@H](Cc2ccc3ccccc3c2)NC(=O)[C@H](CCCN=C(N)N)NC1=O.O=C(O)C(F)(F)F.O=C(O)C(F)(F)F. The smallest absolute Gasteiger partial charge is 0.475 e. The molecule has 2 aromatic carbocycles. The number of rotatable bonds is 10. The maximum Gasteiger partial charge on any atom is 0.490 e. The Kier molecular flexibility index (Phi) is 20.4. The average molecular weight is 852 g/mol. The highest BCUT2D eigenvalue weighted by atomic mass is 19.4. The van der Waals surface area contributed by atoms with Gasteiger partial charge in [-0.1, -0.05) is 42.5 Å². The fourth-order valence-corrected chi connectivity index (χ4v) is 4.68. The highest BCUT2D eigenvalue weighted by Gasteiger charge is 2.39. The summed E-state index contributed by atoms with van der Waals surface area (Å²) in [4.78, 5) is 91.0. The molecular weight excluding hydrogens is 808 g/mol. The van der Waals surface area contributed by atoms with Gasteiger partial charge >= 0.3 is 24.3 Å². The molecule has 5 amide bonds. The van der Waals surface area contributed by atoms with Gasteiger partial charge in [0, 0.05) is 19.5 Å². The van der Waals surface area contributed by atoms with E-state index < -0.39 is 85.0 Å². The van der Waals surface area contributed by atoms with Gasteiger partial charge < -0.3 is 59.7 Å². The first kappa shape index (κ1) is 50.1. The van der Waals surface area contributed by atoms with Gasteiger partial charge in [-0.2, -0.15) is 26.3 Å². The molecule has 1 aliphatic rings. The largest absolute Gasteiger partial charge is 0.490 e. The molecule has 3 rings (SSSR count). The molecule has 0 unspecified atom stereocenters.